The van der Waals surface area contributed by atoms with Crippen molar-refractivity contribution in [3.8, 4) is 0 Å². The summed E-state index contributed by atoms with van der Waals surface area (Å²) in [6, 6.07) is 6.14. The van der Waals surface area contributed by atoms with E-state index in [2.05, 4.69) is 4.98 Å². The lowest BCUT2D eigenvalue weighted by atomic mass is 9.99. The second kappa shape index (κ2) is 4.59. The Morgan fingerprint density at radius 2 is 1.55 bits per heavy atom. The summed E-state index contributed by atoms with van der Waals surface area (Å²) in [5.74, 6) is 0. The van der Waals surface area contributed by atoms with Gasteiger partial charge >= 0.3 is 12.4 Å². The Morgan fingerprint density at radius 3 is 2.05 bits per heavy atom. The topological polar surface area (TPSA) is 33.1 Å². The molecule has 110 valence electrons. The van der Waals surface area contributed by atoms with Crippen LogP contribution >= 0.6 is 11.3 Å². The minimum Gasteiger partial charge on any atom is -0.373 e. The van der Waals surface area contributed by atoms with E-state index in [-0.39, 0.29) is 0 Å². The molecule has 2 nitrogen and oxygen atoms in total. The van der Waals surface area contributed by atoms with Crippen LogP contribution in [0.3, 0.4) is 0 Å². The van der Waals surface area contributed by atoms with Crippen LogP contribution in [0.2, 0.25) is 0 Å². The monoisotopic (exact) mass is 315 g/mol. The fraction of sp³-hybridized carbons (Fsp3) is 0.364. The highest BCUT2D eigenvalue weighted by molar-refractivity contribution is 7.18. The predicted molar refractivity (Wildman–Crippen MR) is 60.4 cm³/mol. The van der Waals surface area contributed by atoms with Crippen molar-refractivity contribution in [2.75, 3.05) is 0 Å². The molecule has 0 aliphatic carbocycles. The van der Waals surface area contributed by atoms with Crippen molar-refractivity contribution >= 4 is 21.6 Å². The van der Waals surface area contributed by atoms with Crippen LogP contribution in [0.15, 0.2) is 24.3 Å². The Hall–Kier alpha value is -1.35. The minimum atomic E-state index is -5.83. The normalized spacial score (nSPS) is 13.9. The van der Waals surface area contributed by atoms with E-state index in [9.17, 15) is 26.3 Å². The maximum atomic E-state index is 12.5. The zero-order valence-electron chi connectivity index (χ0n) is 9.59. The fourth-order valence-corrected chi connectivity index (χ4v) is 2.62. The van der Waals surface area contributed by atoms with Crippen LogP contribution in [0.25, 0.3) is 10.2 Å². The van der Waals surface area contributed by atoms with Crippen LogP contribution in [-0.2, 0) is 6.42 Å². The number of aromatic nitrogens is 1. The Labute approximate surface area is 112 Å². The third-order valence-electron chi connectivity index (χ3n) is 2.68. The molecule has 0 aliphatic rings. The summed E-state index contributed by atoms with van der Waals surface area (Å²) in [6.45, 7) is 0. The van der Waals surface area contributed by atoms with Gasteiger partial charge in [0.1, 0.15) is 0 Å². The van der Waals surface area contributed by atoms with Crippen molar-refractivity contribution < 1.29 is 31.4 Å². The molecule has 1 N–H and O–H groups in total. The summed E-state index contributed by atoms with van der Waals surface area (Å²) >= 11 is 0.685. The lowest BCUT2D eigenvalue weighted by molar-refractivity contribution is -0.367. The van der Waals surface area contributed by atoms with Gasteiger partial charge in [0.05, 0.1) is 15.2 Å². The molecule has 0 aliphatic heterocycles. The summed E-state index contributed by atoms with van der Waals surface area (Å²) in [5.41, 5.74) is -4.51. The van der Waals surface area contributed by atoms with Gasteiger partial charge < -0.3 is 5.11 Å². The Morgan fingerprint density at radius 1 is 1.00 bits per heavy atom. The smallest absolute Gasteiger partial charge is 0.373 e. The second-order valence-corrected chi connectivity index (χ2v) is 5.22. The zero-order chi connectivity index (χ0) is 15.2. The van der Waals surface area contributed by atoms with Crippen LogP contribution in [0.5, 0.6) is 0 Å². The molecule has 0 bridgehead atoms. The zero-order valence-corrected chi connectivity index (χ0v) is 10.4. The van der Waals surface area contributed by atoms with E-state index in [0.29, 0.717) is 21.6 Å². The summed E-state index contributed by atoms with van der Waals surface area (Å²) in [7, 11) is 0. The van der Waals surface area contributed by atoms with Gasteiger partial charge in [-0.15, -0.1) is 11.3 Å². The number of alkyl halides is 6. The van der Waals surface area contributed by atoms with Gasteiger partial charge in [-0.05, 0) is 12.1 Å². The van der Waals surface area contributed by atoms with Crippen LogP contribution in [-0.4, -0.2) is 28.0 Å². The predicted octanol–water partition coefficient (Wildman–Crippen LogP) is 3.69. The van der Waals surface area contributed by atoms with Gasteiger partial charge in [0, 0.05) is 6.42 Å². The van der Waals surface area contributed by atoms with Gasteiger partial charge in [0.25, 0.3) is 5.60 Å². The highest BCUT2D eigenvalue weighted by Crippen LogP contribution is 2.45. The molecule has 1 heterocycles. The first kappa shape index (κ1) is 15.0. The largest absolute Gasteiger partial charge is 0.426 e. The van der Waals surface area contributed by atoms with Gasteiger partial charge in [0.2, 0.25) is 0 Å². The molecule has 1 aromatic carbocycles. The number of thiazole rings is 1. The molecule has 1 aromatic heterocycles. The van der Waals surface area contributed by atoms with Gasteiger partial charge in [-0.2, -0.15) is 26.3 Å². The first-order valence-electron chi connectivity index (χ1n) is 5.25. The number of aliphatic hydroxyl groups is 1. The second-order valence-electron chi connectivity index (χ2n) is 4.11. The molecule has 9 heteroatoms. The number of hydrogen-bond acceptors (Lipinski definition) is 3. The number of halogens is 6. The number of hydrogen-bond donors (Lipinski definition) is 1. The maximum Gasteiger partial charge on any atom is 0.426 e. The number of nitrogens with zero attached hydrogens (tertiary/aromatic N) is 1. The average molecular weight is 315 g/mol. The fourth-order valence-electron chi connectivity index (χ4n) is 1.58. The van der Waals surface area contributed by atoms with Crippen LogP contribution < -0.4 is 0 Å². The molecule has 0 unspecified atom stereocenters. The highest BCUT2D eigenvalue weighted by Gasteiger charge is 2.70. The molecular formula is C11H7F6NOS. The average Bonchev–Trinajstić information content (AvgIpc) is 2.67. The maximum absolute atomic E-state index is 12.5. The molecule has 2 rings (SSSR count). The van der Waals surface area contributed by atoms with Crippen molar-refractivity contribution in [3.05, 3.63) is 29.3 Å². The van der Waals surface area contributed by atoms with Crippen molar-refractivity contribution in [1.82, 2.24) is 4.98 Å². The van der Waals surface area contributed by atoms with Crippen molar-refractivity contribution in [2.24, 2.45) is 0 Å². The van der Waals surface area contributed by atoms with Gasteiger partial charge in [-0.3, -0.25) is 0 Å². The van der Waals surface area contributed by atoms with E-state index < -0.39 is 29.4 Å². The molecular weight excluding hydrogens is 308 g/mol. The van der Waals surface area contributed by atoms with Gasteiger partial charge in [-0.25, -0.2) is 4.98 Å². The molecule has 0 atom stereocenters. The summed E-state index contributed by atoms with van der Waals surface area (Å²) < 4.78 is 75.7. The van der Waals surface area contributed by atoms with E-state index >= 15 is 0 Å². The number of benzene rings is 1. The molecule has 0 saturated heterocycles. The number of para-hydroxylation sites is 1. The number of rotatable bonds is 2. The van der Waals surface area contributed by atoms with E-state index in [4.69, 9.17) is 5.11 Å². The standard InChI is InChI=1S/C11H7F6NOS/c12-10(13,14)9(19,11(15,16)17)5-8-18-6-3-1-2-4-7(6)20-8/h1-4,19H,5H2. The Bertz CT molecular complexity index is 570. The Kier molecular flexibility index (Phi) is 3.45. The SMILES string of the molecule is OC(Cc1nc2ccccc2s1)(C(F)(F)F)C(F)(F)F. The van der Waals surface area contributed by atoms with Crippen molar-refractivity contribution in [2.45, 2.75) is 24.4 Å². The van der Waals surface area contributed by atoms with Crippen molar-refractivity contribution in [3.63, 3.8) is 0 Å². The lowest BCUT2D eigenvalue weighted by Crippen LogP contribution is -2.58. The number of fused-ring (bicyclic) bond motifs is 1. The van der Waals surface area contributed by atoms with E-state index in [1.807, 2.05) is 0 Å². The molecule has 20 heavy (non-hydrogen) atoms. The van der Waals surface area contributed by atoms with E-state index in [0.717, 1.165) is 0 Å². The molecule has 0 radical (unpaired) electrons. The summed E-state index contributed by atoms with van der Waals surface area (Å²) in [6.07, 6.45) is -13.3. The Balaban J connectivity index is 2.43. The van der Waals surface area contributed by atoms with Crippen molar-refractivity contribution in [1.29, 1.82) is 0 Å². The third-order valence-corrected chi connectivity index (χ3v) is 3.72. The third kappa shape index (κ3) is 2.47. The lowest BCUT2D eigenvalue weighted by Gasteiger charge is -2.31. The quantitative estimate of drug-likeness (QED) is 0.857. The molecule has 0 spiro atoms. The summed E-state index contributed by atoms with van der Waals surface area (Å²) in [5, 5.41) is 8.65. The van der Waals surface area contributed by atoms with Crippen LogP contribution in [0, 0.1) is 0 Å². The molecule has 0 fully saturated rings. The van der Waals surface area contributed by atoms with Crippen LogP contribution in [0.1, 0.15) is 5.01 Å². The first-order valence-corrected chi connectivity index (χ1v) is 6.06. The van der Waals surface area contributed by atoms with E-state index in [1.165, 1.54) is 12.1 Å². The van der Waals surface area contributed by atoms with E-state index in [1.54, 1.807) is 12.1 Å². The van der Waals surface area contributed by atoms with Gasteiger partial charge in [0.15, 0.2) is 0 Å². The molecule has 2 aromatic rings. The molecule has 0 amide bonds. The molecule has 0 saturated carbocycles. The minimum absolute atomic E-state index is 0.291. The van der Waals surface area contributed by atoms with Gasteiger partial charge in [-0.1, -0.05) is 12.1 Å². The summed E-state index contributed by atoms with van der Waals surface area (Å²) in [4.78, 5) is 3.68. The first-order chi connectivity index (χ1) is 9.04. The highest BCUT2D eigenvalue weighted by atomic mass is 32.1. The van der Waals surface area contributed by atoms with Crippen LogP contribution in [0.4, 0.5) is 26.3 Å².